The Morgan fingerprint density at radius 1 is 0.500 bits per heavy atom. The minimum Gasteiger partial charge on any atom is -0.387 e. The van der Waals surface area contributed by atoms with Gasteiger partial charge in [0.05, 0.1) is 6.61 Å². The quantitative estimate of drug-likeness (QED) is 0.102. The maximum Gasteiger partial charge on any atom is 0.472 e. The van der Waals surface area contributed by atoms with Crippen molar-refractivity contribution in [3.8, 4) is 0 Å². The summed E-state index contributed by atoms with van der Waals surface area (Å²) in [5, 5.41) is 120. The van der Waals surface area contributed by atoms with Gasteiger partial charge in [0.1, 0.15) is 97.7 Å². The summed E-state index contributed by atoms with van der Waals surface area (Å²) in [5.41, 5.74) is 0. The number of phosphoric acid groups is 2. The Morgan fingerprint density at radius 3 is 1.38 bits per heavy atom. The Bertz CT molecular complexity index is 982. The molecular weight excluding hydrogens is 630 g/mol. The van der Waals surface area contributed by atoms with Gasteiger partial charge in [-0.05, 0) is 0 Å². The Labute approximate surface area is 235 Å². The van der Waals surface area contributed by atoms with Crippen LogP contribution in [0.1, 0.15) is 0 Å². The first-order chi connectivity index (χ1) is 19.2. The van der Waals surface area contributed by atoms with E-state index in [1.807, 2.05) is 0 Å². The number of aliphatic hydroxyl groups is 12. The first kappa shape index (κ1) is 36.1. The highest BCUT2D eigenvalue weighted by atomic mass is 31.2. The van der Waals surface area contributed by atoms with Crippen LogP contribution in [0.4, 0.5) is 0 Å². The molecule has 0 aromatic heterocycles. The number of ether oxygens (including phenoxy) is 2. The van der Waals surface area contributed by atoms with E-state index in [0.29, 0.717) is 0 Å². The second-order valence-electron chi connectivity index (χ2n) is 9.93. The van der Waals surface area contributed by atoms with E-state index in [1.54, 1.807) is 0 Å². The second kappa shape index (κ2) is 13.6. The lowest BCUT2D eigenvalue weighted by molar-refractivity contribution is -0.337. The number of hydrogen-bond donors (Lipinski definition) is 15. The van der Waals surface area contributed by atoms with Crippen molar-refractivity contribution in [3.05, 3.63) is 0 Å². The highest BCUT2D eigenvalue weighted by Crippen LogP contribution is 2.48. The largest absolute Gasteiger partial charge is 0.472 e. The van der Waals surface area contributed by atoms with Gasteiger partial charge in [-0.1, -0.05) is 0 Å². The molecule has 1 aliphatic heterocycles. The van der Waals surface area contributed by atoms with Gasteiger partial charge >= 0.3 is 15.6 Å². The van der Waals surface area contributed by atoms with Crippen molar-refractivity contribution in [2.75, 3.05) is 6.61 Å². The summed E-state index contributed by atoms with van der Waals surface area (Å²) in [7, 11) is -10.9. The van der Waals surface area contributed by atoms with E-state index >= 15 is 0 Å². The van der Waals surface area contributed by atoms with Crippen LogP contribution in [0.2, 0.25) is 0 Å². The van der Waals surface area contributed by atoms with Gasteiger partial charge in [0, 0.05) is 0 Å². The van der Waals surface area contributed by atoms with Gasteiger partial charge in [-0.3, -0.25) is 13.6 Å². The molecule has 22 nitrogen and oxygen atoms in total. The fourth-order valence-corrected chi connectivity index (χ4v) is 6.13. The minimum atomic E-state index is -5.46. The smallest absolute Gasteiger partial charge is 0.387 e. The van der Waals surface area contributed by atoms with E-state index < -0.39 is 126 Å². The maximum absolute atomic E-state index is 12.5. The fourth-order valence-electron chi connectivity index (χ4n) is 4.62. The Morgan fingerprint density at radius 2 is 0.905 bits per heavy atom. The standard InChI is InChI=1S/C18H34O22P2/c19-3-2(1-36-42(34,35)40-15-10(26)6(22)5(21)7(23)11(15)27)37-18(14(30)4(3)20)38-16-12(28)8(24)9(25)13(29)17(16)39-41(31,32)33/h2-30H,1H2,(H,34,35)(H2,31,32,33)/t2-,3-,4+,5?,6-,7+,8-,9-,10-,11-,12+,13-,14+,15?,16-,17-,18?/m1/s1. The molecule has 0 bridgehead atoms. The van der Waals surface area contributed by atoms with Gasteiger partial charge in [-0.15, -0.1) is 0 Å². The molecule has 0 amide bonds. The molecule has 24 heteroatoms. The van der Waals surface area contributed by atoms with Crippen LogP contribution in [0.3, 0.4) is 0 Å². The highest BCUT2D eigenvalue weighted by molar-refractivity contribution is 7.47. The molecule has 0 radical (unpaired) electrons. The summed E-state index contributed by atoms with van der Waals surface area (Å²) < 4.78 is 47.8. The predicted molar refractivity (Wildman–Crippen MR) is 123 cm³/mol. The summed E-state index contributed by atoms with van der Waals surface area (Å²) >= 11 is 0. The van der Waals surface area contributed by atoms with Gasteiger partial charge in [0.2, 0.25) is 0 Å². The summed E-state index contributed by atoms with van der Waals surface area (Å²) in [5.74, 6) is 0. The Kier molecular flexibility index (Phi) is 11.7. The lowest BCUT2D eigenvalue weighted by Gasteiger charge is -2.47. The van der Waals surface area contributed by atoms with Crippen molar-refractivity contribution < 1.29 is 108 Å². The number of rotatable bonds is 9. The third kappa shape index (κ3) is 7.71. The van der Waals surface area contributed by atoms with Crippen molar-refractivity contribution in [2.24, 2.45) is 0 Å². The van der Waals surface area contributed by atoms with Crippen LogP contribution in [-0.4, -0.2) is 187 Å². The van der Waals surface area contributed by atoms with Gasteiger partial charge < -0.3 is 85.4 Å². The van der Waals surface area contributed by atoms with Gasteiger partial charge in [-0.2, -0.15) is 0 Å². The zero-order valence-electron chi connectivity index (χ0n) is 21.0. The van der Waals surface area contributed by atoms with Crippen LogP contribution in [0, 0.1) is 0 Å². The maximum atomic E-state index is 12.5. The normalized spacial score (nSPS) is 50.3. The SMILES string of the molecule is O=P(O)(O)O[C@@H]1[C@H](O)[C@H](O)[C@@H](O)[C@H](O)[C@H]1OC1O[C@H](COP(=O)(O)OC2[C@H](O)[C@H](O)C(O)[C@H](O)[C@H]2O)[C@@H](O)[C@H](O)[C@@H]1O. The van der Waals surface area contributed by atoms with Gasteiger partial charge in [-0.25, -0.2) is 9.13 Å². The molecule has 2 saturated carbocycles. The molecular formula is C18H34O22P2. The summed E-state index contributed by atoms with van der Waals surface area (Å²) in [6, 6.07) is 0. The van der Waals surface area contributed by atoms with Gasteiger partial charge in [0.15, 0.2) is 6.29 Å². The van der Waals surface area contributed by atoms with E-state index in [2.05, 4.69) is 13.6 Å². The summed E-state index contributed by atoms with van der Waals surface area (Å²) in [6.07, 6.45) is -37.0. The first-order valence-electron chi connectivity index (χ1n) is 12.1. The molecule has 0 aromatic carbocycles. The second-order valence-corrected chi connectivity index (χ2v) is 12.5. The molecule has 4 unspecified atom stereocenters. The van der Waals surface area contributed by atoms with Crippen molar-refractivity contribution in [1.29, 1.82) is 0 Å². The molecule has 42 heavy (non-hydrogen) atoms. The van der Waals surface area contributed by atoms with Crippen LogP contribution in [0.25, 0.3) is 0 Å². The third-order valence-electron chi connectivity index (χ3n) is 7.00. The zero-order valence-corrected chi connectivity index (χ0v) is 22.8. The third-order valence-corrected chi connectivity index (χ3v) is 8.50. The fraction of sp³-hybridized carbons (Fsp3) is 1.00. The van der Waals surface area contributed by atoms with E-state index in [9.17, 15) is 75.3 Å². The Hall–Kier alpha value is -0.340. The first-order valence-corrected chi connectivity index (χ1v) is 15.1. The number of phosphoric ester groups is 2. The topological polar surface area (TPSA) is 384 Å². The van der Waals surface area contributed by atoms with Crippen LogP contribution in [0.15, 0.2) is 0 Å². The molecule has 1 heterocycles. The van der Waals surface area contributed by atoms with Crippen molar-refractivity contribution in [3.63, 3.8) is 0 Å². The zero-order chi connectivity index (χ0) is 32.1. The van der Waals surface area contributed by atoms with Crippen molar-refractivity contribution in [1.82, 2.24) is 0 Å². The van der Waals surface area contributed by atoms with Crippen molar-refractivity contribution >= 4 is 15.6 Å². The van der Waals surface area contributed by atoms with Gasteiger partial charge in [0.25, 0.3) is 0 Å². The number of hydrogen-bond acceptors (Lipinski definition) is 19. The molecule has 1 saturated heterocycles. The average molecular weight is 664 g/mol. The average Bonchev–Trinajstić information content (AvgIpc) is 2.91. The molecule has 0 spiro atoms. The summed E-state index contributed by atoms with van der Waals surface area (Å²) in [4.78, 5) is 28.3. The van der Waals surface area contributed by atoms with Crippen LogP contribution < -0.4 is 0 Å². The molecule has 18 atom stereocenters. The molecule has 248 valence electrons. The molecule has 0 aromatic rings. The minimum absolute atomic E-state index is 1.20. The van der Waals surface area contributed by atoms with Crippen LogP contribution >= 0.6 is 15.6 Å². The lowest BCUT2D eigenvalue weighted by atomic mass is 9.84. The van der Waals surface area contributed by atoms with E-state index in [0.717, 1.165) is 0 Å². The number of aliphatic hydroxyl groups excluding tert-OH is 12. The van der Waals surface area contributed by atoms with Crippen molar-refractivity contribution in [2.45, 2.75) is 104 Å². The predicted octanol–water partition coefficient (Wildman–Crippen LogP) is -8.57. The lowest BCUT2D eigenvalue weighted by Crippen LogP contribution is -2.67. The summed E-state index contributed by atoms with van der Waals surface area (Å²) in [6.45, 7) is -1.20. The molecule has 3 aliphatic rings. The monoisotopic (exact) mass is 664 g/mol. The van der Waals surface area contributed by atoms with E-state index in [-0.39, 0.29) is 0 Å². The highest BCUT2D eigenvalue weighted by Gasteiger charge is 2.56. The molecule has 3 rings (SSSR count). The van der Waals surface area contributed by atoms with E-state index in [4.69, 9.17) is 19.3 Å². The van der Waals surface area contributed by atoms with Crippen LogP contribution in [-0.2, 0) is 32.2 Å². The molecule has 3 fully saturated rings. The molecule has 2 aliphatic carbocycles. The van der Waals surface area contributed by atoms with E-state index in [1.165, 1.54) is 0 Å². The van der Waals surface area contributed by atoms with Crippen LogP contribution in [0.5, 0.6) is 0 Å². The molecule has 15 N–H and O–H groups in total. The Balaban J connectivity index is 1.73.